The molecular formula is C7H16ClNO2. The second kappa shape index (κ2) is 5.77. The summed E-state index contributed by atoms with van der Waals surface area (Å²) in [4.78, 5) is 0. The molecule has 4 heteroatoms. The minimum atomic E-state index is 0. The topological polar surface area (TPSA) is 44.5 Å². The van der Waals surface area contributed by atoms with E-state index in [0.717, 1.165) is 19.6 Å². The van der Waals surface area contributed by atoms with E-state index in [0.29, 0.717) is 18.6 Å². The summed E-state index contributed by atoms with van der Waals surface area (Å²) in [5.41, 5.74) is 5.51. The van der Waals surface area contributed by atoms with Gasteiger partial charge in [0.2, 0.25) is 0 Å². The predicted octanol–water partition coefficient (Wildman–Crippen LogP) is 0.418. The number of halogens is 1. The molecule has 1 fully saturated rings. The summed E-state index contributed by atoms with van der Waals surface area (Å²) >= 11 is 0. The van der Waals surface area contributed by atoms with Crippen molar-refractivity contribution in [2.45, 2.75) is 12.5 Å². The molecule has 0 amide bonds. The van der Waals surface area contributed by atoms with Crippen LogP contribution in [0.1, 0.15) is 6.42 Å². The molecule has 0 saturated carbocycles. The number of ether oxygens (including phenoxy) is 2. The van der Waals surface area contributed by atoms with Gasteiger partial charge in [-0.05, 0) is 13.0 Å². The molecule has 2 atom stereocenters. The summed E-state index contributed by atoms with van der Waals surface area (Å²) in [7, 11) is 1.73. The Morgan fingerprint density at radius 1 is 1.64 bits per heavy atom. The Labute approximate surface area is 73.6 Å². The van der Waals surface area contributed by atoms with E-state index in [4.69, 9.17) is 15.2 Å². The molecule has 0 spiro atoms. The van der Waals surface area contributed by atoms with Gasteiger partial charge in [0.05, 0.1) is 12.7 Å². The lowest BCUT2D eigenvalue weighted by molar-refractivity contribution is -0.0525. The van der Waals surface area contributed by atoms with Gasteiger partial charge in [-0.2, -0.15) is 0 Å². The van der Waals surface area contributed by atoms with E-state index < -0.39 is 0 Å². The van der Waals surface area contributed by atoms with Gasteiger partial charge in [0.15, 0.2) is 0 Å². The van der Waals surface area contributed by atoms with Crippen molar-refractivity contribution >= 4 is 12.4 Å². The molecule has 1 aliphatic rings. The largest absolute Gasteiger partial charge is 0.381 e. The highest BCUT2D eigenvalue weighted by atomic mass is 35.5. The summed E-state index contributed by atoms with van der Waals surface area (Å²) in [5, 5.41) is 0. The van der Waals surface area contributed by atoms with Crippen molar-refractivity contribution in [3.8, 4) is 0 Å². The van der Waals surface area contributed by atoms with Crippen LogP contribution < -0.4 is 5.73 Å². The molecule has 0 radical (unpaired) electrons. The lowest BCUT2D eigenvalue weighted by atomic mass is 9.99. The van der Waals surface area contributed by atoms with E-state index in [2.05, 4.69) is 0 Å². The highest BCUT2D eigenvalue weighted by molar-refractivity contribution is 5.85. The minimum Gasteiger partial charge on any atom is -0.381 e. The average molecular weight is 182 g/mol. The summed E-state index contributed by atoms with van der Waals surface area (Å²) in [6.07, 6.45) is 1.30. The summed E-state index contributed by atoms with van der Waals surface area (Å²) < 4.78 is 10.5. The monoisotopic (exact) mass is 181 g/mol. The fourth-order valence-corrected chi connectivity index (χ4v) is 1.31. The molecular weight excluding hydrogens is 166 g/mol. The fourth-order valence-electron chi connectivity index (χ4n) is 1.31. The predicted molar refractivity (Wildman–Crippen MR) is 46.0 cm³/mol. The second-order valence-electron chi connectivity index (χ2n) is 2.63. The Bertz CT molecular complexity index is 90.4. The number of hydrogen-bond acceptors (Lipinski definition) is 3. The van der Waals surface area contributed by atoms with Crippen molar-refractivity contribution < 1.29 is 9.47 Å². The van der Waals surface area contributed by atoms with Crippen LogP contribution >= 0.6 is 12.4 Å². The Morgan fingerprint density at radius 2 is 2.36 bits per heavy atom. The van der Waals surface area contributed by atoms with Crippen molar-refractivity contribution in [1.82, 2.24) is 0 Å². The van der Waals surface area contributed by atoms with Gasteiger partial charge in [-0.25, -0.2) is 0 Å². The molecule has 0 aromatic heterocycles. The number of hydrogen-bond donors (Lipinski definition) is 1. The van der Waals surface area contributed by atoms with E-state index in [1.165, 1.54) is 0 Å². The van der Waals surface area contributed by atoms with E-state index in [-0.39, 0.29) is 12.4 Å². The Hall–Kier alpha value is 0.170. The van der Waals surface area contributed by atoms with Gasteiger partial charge in [0.1, 0.15) is 0 Å². The fraction of sp³-hybridized carbons (Fsp3) is 1.00. The Kier molecular flexibility index (Phi) is 5.86. The van der Waals surface area contributed by atoms with Crippen LogP contribution in [0, 0.1) is 5.92 Å². The minimum absolute atomic E-state index is 0. The van der Waals surface area contributed by atoms with Crippen LogP contribution in [0.5, 0.6) is 0 Å². The smallest absolute Gasteiger partial charge is 0.0655 e. The van der Waals surface area contributed by atoms with Crippen molar-refractivity contribution in [2.75, 3.05) is 26.9 Å². The summed E-state index contributed by atoms with van der Waals surface area (Å²) in [5.74, 6) is 0.402. The molecule has 0 aliphatic carbocycles. The maximum atomic E-state index is 5.51. The first-order valence-electron chi connectivity index (χ1n) is 3.69. The van der Waals surface area contributed by atoms with Gasteiger partial charge < -0.3 is 15.2 Å². The lowest BCUT2D eigenvalue weighted by Crippen LogP contribution is -2.38. The first-order valence-corrected chi connectivity index (χ1v) is 3.69. The van der Waals surface area contributed by atoms with Crippen LogP contribution in [0.25, 0.3) is 0 Å². The van der Waals surface area contributed by atoms with Crippen molar-refractivity contribution in [2.24, 2.45) is 11.7 Å². The molecule has 0 aromatic rings. The molecule has 2 unspecified atom stereocenters. The third-order valence-electron chi connectivity index (χ3n) is 2.01. The molecule has 1 aliphatic heterocycles. The number of methoxy groups -OCH3 is 1. The number of rotatable bonds is 2. The van der Waals surface area contributed by atoms with Gasteiger partial charge in [0, 0.05) is 19.6 Å². The maximum absolute atomic E-state index is 5.51. The molecule has 68 valence electrons. The molecule has 3 nitrogen and oxygen atoms in total. The van der Waals surface area contributed by atoms with Crippen LogP contribution in [-0.4, -0.2) is 33.0 Å². The summed E-state index contributed by atoms with van der Waals surface area (Å²) in [6, 6.07) is 0. The van der Waals surface area contributed by atoms with E-state index in [1.54, 1.807) is 7.11 Å². The van der Waals surface area contributed by atoms with E-state index >= 15 is 0 Å². The van der Waals surface area contributed by atoms with E-state index in [9.17, 15) is 0 Å². The van der Waals surface area contributed by atoms with Crippen molar-refractivity contribution in [3.05, 3.63) is 0 Å². The van der Waals surface area contributed by atoms with Crippen LogP contribution in [0.3, 0.4) is 0 Å². The van der Waals surface area contributed by atoms with Crippen LogP contribution in [0.4, 0.5) is 0 Å². The zero-order chi connectivity index (χ0) is 7.40. The normalized spacial score (nSPS) is 31.1. The lowest BCUT2D eigenvalue weighted by Gasteiger charge is -2.29. The Balaban J connectivity index is 0.000001000. The summed E-state index contributed by atoms with van der Waals surface area (Å²) in [6.45, 7) is 2.24. The first kappa shape index (κ1) is 11.2. The van der Waals surface area contributed by atoms with Crippen molar-refractivity contribution in [1.29, 1.82) is 0 Å². The van der Waals surface area contributed by atoms with Gasteiger partial charge in [0.25, 0.3) is 0 Å². The van der Waals surface area contributed by atoms with Crippen LogP contribution in [0.2, 0.25) is 0 Å². The van der Waals surface area contributed by atoms with Crippen LogP contribution in [0.15, 0.2) is 0 Å². The first-order chi connectivity index (χ1) is 4.88. The van der Waals surface area contributed by atoms with Crippen molar-refractivity contribution in [3.63, 3.8) is 0 Å². The molecule has 1 saturated heterocycles. The second-order valence-corrected chi connectivity index (χ2v) is 2.63. The highest BCUT2D eigenvalue weighted by Gasteiger charge is 2.23. The highest BCUT2D eigenvalue weighted by Crippen LogP contribution is 2.15. The zero-order valence-electron chi connectivity index (χ0n) is 6.79. The standard InChI is InChI=1S/C7H15NO2.ClH/c1-9-7-2-3-10-5-6(7)4-8;/h6-7H,2-5,8H2,1H3;1H. The molecule has 1 rings (SSSR count). The van der Waals surface area contributed by atoms with Gasteiger partial charge in [-0.15, -0.1) is 12.4 Å². The Morgan fingerprint density at radius 3 is 2.82 bits per heavy atom. The van der Waals surface area contributed by atoms with E-state index in [1.807, 2.05) is 0 Å². The SMILES string of the molecule is COC1CCOCC1CN.Cl. The average Bonchev–Trinajstić information content (AvgIpc) is 2.04. The third kappa shape index (κ3) is 2.95. The third-order valence-corrected chi connectivity index (χ3v) is 2.01. The molecule has 0 bridgehead atoms. The molecule has 2 N–H and O–H groups in total. The van der Waals surface area contributed by atoms with Gasteiger partial charge in [-0.3, -0.25) is 0 Å². The molecule has 11 heavy (non-hydrogen) atoms. The van der Waals surface area contributed by atoms with Gasteiger partial charge >= 0.3 is 0 Å². The maximum Gasteiger partial charge on any atom is 0.0655 e. The zero-order valence-corrected chi connectivity index (χ0v) is 7.60. The van der Waals surface area contributed by atoms with Crippen LogP contribution in [-0.2, 0) is 9.47 Å². The quantitative estimate of drug-likeness (QED) is 0.672. The number of nitrogens with two attached hydrogens (primary N) is 1. The van der Waals surface area contributed by atoms with Gasteiger partial charge in [-0.1, -0.05) is 0 Å². The molecule has 1 heterocycles. The molecule has 0 aromatic carbocycles.